The Balaban J connectivity index is 0.00000256. The number of phenolic OH excluding ortho intramolecular Hbond substituents is 3. The zero-order chi connectivity index (χ0) is 21.5. The largest absolute Gasteiger partial charge is 0.508 e. The third-order valence-electron chi connectivity index (χ3n) is 5.91. The summed E-state index contributed by atoms with van der Waals surface area (Å²) in [6.07, 6.45) is 8.14. The molecule has 0 aliphatic heterocycles. The van der Waals surface area contributed by atoms with Crippen LogP contribution >= 0.6 is 45.6 Å². The van der Waals surface area contributed by atoms with Gasteiger partial charge >= 0.3 is 0 Å². The van der Waals surface area contributed by atoms with Crippen molar-refractivity contribution >= 4 is 45.6 Å². The summed E-state index contributed by atoms with van der Waals surface area (Å²) in [5, 5.41) is 32.6. The molecule has 8 heteroatoms. The number of unbranched alkanes of at least 4 members (excludes halogenated alkanes) is 3. The number of nitrogens with zero attached hydrogens (tertiary/aromatic N) is 1. The standard InChI is InChI=1S/C24H33ClN2O3.2BrH/c1-2-3-4-5-12-27(26-11-10-17-13-19(25)16-21(28)14-17)20-7-8-22-18(15-20)6-9-23(29)24(22)30;;/h6,9,13-14,16,20,26,28-30H,2-5,7-8,10-12,15H2,1H3;2*1H. The topological polar surface area (TPSA) is 76.0 Å². The lowest BCUT2D eigenvalue weighted by atomic mass is 9.87. The Bertz CT molecular complexity index is 834. The summed E-state index contributed by atoms with van der Waals surface area (Å²) in [5.41, 5.74) is 6.61. The van der Waals surface area contributed by atoms with E-state index < -0.39 is 0 Å². The van der Waals surface area contributed by atoms with Crippen molar-refractivity contribution < 1.29 is 15.3 Å². The van der Waals surface area contributed by atoms with Crippen molar-refractivity contribution in [3.8, 4) is 17.2 Å². The maximum atomic E-state index is 10.2. The lowest BCUT2D eigenvalue weighted by Gasteiger charge is -2.36. The van der Waals surface area contributed by atoms with Gasteiger partial charge < -0.3 is 15.3 Å². The van der Waals surface area contributed by atoms with E-state index in [1.54, 1.807) is 18.2 Å². The number of phenols is 3. The monoisotopic (exact) mass is 592 g/mol. The molecule has 2 aromatic rings. The van der Waals surface area contributed by atoms with Crippen molar-refractivity contribution in [2.24, 2.45) is 0 Å². The van der Waals surface area contributed by atoms with E-state index in [0.717, 1.165) is 61.9 Å². The lowest BCUT2D eigenvalue weighted by Crippen LogP contribution is -2.49. The predicted octanol–water partition coefficient (Wildman–Crippen LogP) is 6.10. The zero-order valence-electron chi connectivity index (χ0n) is 18.5. The number of hydrogen-bond donors (Lipinski definition) is 4. The van der Waals surface area contributed by atoms with Crippen molar-refractivity contribution in [1.82, 2.24) is 10.4 Å². The van der Waals surface area contributed by atoms with E-state index >= 15 is 0 Å². The number of hydrazine groups is 1. The molecule has 0 spiro atoms. The van der Waals surface area contributed by atoms with Crippen molar-refractivity contribution in [2.75, 3.05) is 13.1 Å². The van der Waals surface area contributed by atoms with Crippen LogP contribution in [0.25, 0.3) is 0 Å². The maximum Gasteiger partial charge on any atom is 0.160 e. The van der Waals surface area contributed by atoms with Crippen LogP contribution in [0.3, 0.4) is 0 Å². The van der Waals surface area contributed by atoms with Gasteiger partial charge in [0.1, 0.15) is 5.75 Å². The molecule has 0 saturated heterocycles. The highest BCUT2D eigenvalue weighted by molar-refractivity contribution is 8.93. The molecule has 2 aromatic carbocycles. The molecule has 0 aromatic heterocycles. The number of aromatic hydroxyl groups is 3. The van der Waals surface area contributed by atoms with Gasteiger partial charge in [-0.1, -0.05) is 43.9 Å². The fourth-order valence-electron chi connectivity index (χ4n) is 4.29. The van der Waals surface area contributed by atoms with E-state index in [0.29, 0.717) is 11.1 Å². The molecular weight excluding hydrogens is 560 g/mol. The fraction of sp³-hybridized carbons (Fsp3) is 0.500. The summed E-state index contributed by atoms with van der Waals surface area (Å²) < 4.78 is 0. The van der Waals surface area contributed by atoms with Crippen LogP contribution in [0.1, 0.15) is 55.7 Å². The van der Waals surface area contributed by atoms with Gasteiger partial charge in [-0.2, -0.15) is 0 Å². The first-order valence-corrected chi connectivity index (χ1v) is 11.4. The molecule has 0 fully saturated rings. The van der Waals surface area contributed by atoms with Crippen molar-refractivity contribution in [3.05, 3.63) is 52.0 Å². The molecule has 1 atom stereocenters. The van der Waals surface area contributed by atoms with Crippen LogP contribution in [0, 0.1) is 0 Å². The smallest absolute Gasteiger partial charge is 0.160 e. The average Bonchev–Trinajstić information content (AvgIpc) is 2.71. The van der Waals surface area contributed by atoms with E-state index in [-0.39, 0.29) is 51.2 Å². The first-order valence-electron chi connectivity index (χ1n) is 11.0. The summed E-state index contributed by atoms with van der Waals surface area (Å²) in [6, 6.07) is 9.05. The first-order chi connectivity index (χ1) is 14.5. The molecule has 4 N–H and O–H groups in total. The fourth-order valence-corrected chi connectivity index (χ4v) is 4.54. The molecule has 0 heterocycles. The third kappa shape index (κ3) is 8.10. The molecule has 3 rings (SSSR count). The third-order valence-corrected chi connectivity index (χ3v) is 6.12. The molecule has 0 amide bonds. The second kappa shape index (κ2) is 14.3. The molecule has 1 aliphatic carbocycles. The second-order valence-corrected chi connectivity index (χ2v) is 8.63. The number of halogens is 3. The van der Waals surface area contributed by atoms with Crippen LogP contribution < -0.4 is 5.43 Å². The predicted molar refractivity (Wildman–Crippen MR) is 142 cm³/mol. The van der Waals surface area contributed by atoms with Gasteiger partial charge in [0, 0.05) is 29.7 Å². The van der Waals surface area contributed by atoms with Gasteiger partial charge in [0.2, 0.25) is 0 Å². The zero-order valence-corrected chi connectivity index (χ0v) is 22.7. The van der Waals surface area contributed by atoms with Gasteiger partial charge in [-0.25, -0.2) is 5.01 Å². The number of fused-ring (bicyclic) bond motifs is 1. The molecule has 0 radical (unpaired) electrons. The van der Waals surface area contributed by atoms with E-state index in [1.807, 2.05) is 12.1 Å². The molecule has 5 nitrogen and oxygen atoms in total. The van der Waals surface area contributed by atoms with Crippen LogP contribution in [0.4, 0.5) is 0 Å². The number of hydrogen-bond acceptors (Lipinski definition) is 5. The van der Waals surface area contributed by atoms with Crippen molar-refractivity contribution in [3.63, 3.8) is 0 Å². The molecule has 0 saturated carbocycles. The van der Waals surface area contributed by atoms with Gasteiger partial charge in [0.25, 0.3) is 0 Å². The Morgan fingerprint density at radius 2 is 1.84 bits per heavy atom. The SMILES string of the molecule is Br.Br.CCCCCCN(NCCc1cc(O)cc(Cl)c1)C1CCc2c(ccc(O)c2O)C1. The van der Waals surface area contributed by atoms with Crippen LogP contribution in [0.5, 0.6) is 17.2 Å². The van der Waals surface area contributed by atoms with Crippen LogP contribution in [0.2, 0.25) is 5.02 Å². The first kappa shape index (κ1) is 29.0. The minimum atomic E-state index is -0.0356. The molecular formula is C24H35Br2ClN2O3. The minimum absolute atomic E-state index is 0. The van der Waals surface area contributed by atoms with Crippen LogP contribution in [-0.2, 0) is 19.3 Å². The van der Waals surface area contributed by atoms with E-state index in [4.69, 9.17) is 11.6 Å². The highest BCUT2D eigenvalue weighted by Gasteiger charge is 2.26. The van der Waals surface area contributed by atoms with Crippen molar-refractivity contribution in [2.45, 2.75) is 64.3 Å². The van der Waals surface area contributed by atoms with E-state index in [2.05, 4.69) is 17.4 Å². The minimum Gasteiger partial charge on any atom is -0.508 e. The van der Waals surface area contributed by atoms with Gasteiger partial charge in [-0.05, 0) is 67.5 Å². The summed E-state index contributed by atoms with van der Waals surface area (Å²) in [7, 11) is 0. The van der Waals surface area contributed by atoms with Gasteiger partial charge in [-0.3, -0.25) is 5.43 Å². The Morgan fingerprint density at radius 1 is 1.06 bits per heavy atom. The molecule has 0 bridgehead atoms. The average molecular weight is 595 g/mol. The number of rotatable bonds is 10. The normalized spacial score (nSPS) is 15.0. The molecule has 1 unspecified atom stereocenters. The van der Waals surface area contributed by atoms with E-state index in [9.17, 15) is 15.3 Å². The number of nitrogens with one attached hydrogen (secondary N) is 1. The lowest BCUT2D eigenvalue weighted by molar-refractivity contribution is 0.109. The quantitative estimate of drug-likeness (QED) is 0.152. The highest BCUT2D eigenvalue weighted by atomic mass is 79.9. The Hall–Kier alpha value is -0.990. The van der Waals surface area contributed by atoms with Gasteiger partial charge in [-0.15, -0.1) is 34.0 Å². The highest BCUT2D eigenvalue weighted by Crippen LogP contribution is 2.36. The van der Waals surface area contributed by atoms with Crippen molar-refractivity contribution in [1.29, 1.82) is 0 Å². The molecule has 32 heavy (non-hydrogen) atoms. The summed E-state index contributed by atoms with van der Waals surface area (Å²) in [4.78, 5) is 0. The summed E-state index contributed by atoms with van der Waals surface area (Å²) >= 11 is 6.05. The van der Waals surface area contributed by atoms with Crippen LogP contribution in [-0.4, -0.2) is 39.5 Å². The Labute approximate surface area is 217 Å². The molecule has 180 valence electrons. The molecule has 1 aliphatic rings. The number of benzene rings is 2. The summed E-state index contributed by atoms with van der Waals surface area (Å²) in [5.74, 6) is 0.196. The van der Waals surface area contributed by atoms with Gasteiger partial charge in [0.05, 0.1) is 0 Å². The second-order valence-electron chi connectivity index (χ2n) is 8.20. The van der Waals surface area contributed by atoms with Crippen LogP contribution in [0.15, 0.2) is 30.3 Å². The van der Waals surface area contributed by atoms with E-state index in [1.165, 1.54) is 19.3 Å². The maximum absolute atomic E-state index is 10.2. The Kier molecular flexibility index (Phi) is 13.0. The van der Waals surface area contributed by atoms with Gasteiger partial charge in [0.15, 0.2) is 11.5 Å². The Morgan fingerprint density at radius 3 is 2.56 bits per heavy atom. The summed E-state index contributed by atoms with van der Waals surface area (Å²) in [6.45, 7) is 3.96.